The summed E-state index contributed by atoms with van der Waals surface area (Å²) < 4.78 is 6.84. The molecule has 0 unspecified atom stereocenters. The lowest BCUT2D eigenvalue weighted by Gasteiger charge is -2.06. The van der Waals surface area contributed by atoms with Gasteiger partial charge in [-0.1, -0.05) is 12.1 Å². The van der Waals surface area contributed by atoms with Crippen LogP contribution in [-0.4, -0.2) is 35.6 Å². The largest absolute Gasteiger partial charge is 0.448 e. The fraction of sp³-hybridized carbons (Fsp3) is 0.312. The lowest BCUT2D eigenvalue weighted by Crippen LogP contribution is -2.33. The van der Waals surface area contributed by atoms with E-state index in [9.17, 15) is 9.59 Å². The Morgan fingerprint density at radius 3 is 2.88 bits per heavy atom. The highest BCUT2D eigenvalue weighted by Crippen LogP contribution is 2.23. The van der Waals surface area contributed by atoms with Crippen LogP contribution >= 0.6 is 12.4 Å². The summed E-state index contributed by atoms with van der Waals surface area (Å²) in [5.41, 5.74) is 0.964. The van der Waals surface area contributed by atoms with Gasteiger partial charge in [0.1, 0.15) is 17.6 Å². The molecule has 0 saturated carbocycles. The number of nitrogens with one attached hydrogen (secondary N) is 2. The zero-order valence-electron chi connectivity index (χ0n) is 13.2. The summed E-state index contributed by atoms with van der Waals surface area (Å²) in [7, 11) is 1.86. The van der Waals surface area contributed by atoms with Crippen LogP contribution in [0.3, 0.4) is 0 Å². The first kappa shape index (κ1) is 18.0. The molecule has 0 aliphatic heterocycles. The first-order chi connectivity index (χ1) is 11.2. The third kappa shape index (κ3) is 3.58. The van der Waals surface area contributed by atoms with Crippen molar-refractivity contribution in [1.29, 1.82) is 0 Å². The highest BCUT2D eigenvalue weighted by Gasteiger charge is 2.14. The summed E-state index contributed by atoms with van der Waals surface area (Å²) >= 11 is 0. The van der Waals surface area contributed by atoms with Gasteiger partial charge in [0, 0.05) is 11.9 Å². The van der Waals surface area contributed by atoms with Crippen LogP contribution in [0.1, 0.15) is 6.42 Å². The van der Waals surface area contributed by atoms with Gasteiger partial charge >= 0.3 is 0 Å². The maximum atomic E-state index is 12.4. The van der Waals surface area contributed by atoms with Crippen molar-refractivity contribution in [3.63, 3.8) is 0 Å². The van der Waals surface area contributed by atoms with Crippen molar-refractivity contribution in [3.8, 4) is 0 Å². The molecule has 0 bridgehead atoms. The van der Waals surface area contributed by atoms with Gasteiger partial charge in [0.15, 0.2) is 0 Å². The number of furan rings is 1. The van der Waals surface area contributed by atoms with Gasteiger partial charge in [0.2, 0.25) is 11.5 Å². The van der Waals surface area contributed by atoms with E-state index in [0.29, 0.717) is 17.6 Å². The highest BCUT2D eigenvalue weighted by atomic mass is 35.5. The van der Waals surface area contributed by atoms with Crippen LogP contribution in [-0.2, 0) is 11.3 Å². The molecule has 0 fully saturated rings. The summed E-state index contributed by atoms with van der Waals surface area (Å²) in [5, 5.41) is 6.57. The average Bonchev–Trinajstić information content (AvgIpc) is 2.94. The van der Waals surface area contributed by atoms with Crippen LogP contribution in [0.2, 0.25) is 0 Å². The molecule has 128 valence electrons. The molecule has 2 heterocycles. The Hall–Kier alpha value is -2.38. The Morgan fingerprint density at radius 1 is 1.29 bits per heavy atom. The van der Waals surface area contributed by atoms with Crippen molar-refractivity contribution in [2.24, 2.45) is 0 Å². The molecule has 3 rings (SSSR count). The number of amides is 1. The molecule has 2 aromatic heterocycles. The van der Waals surface area contributed by atoms with E-state index in [0.717, 1.165) is 18.4 Å². The lowest BCUT2D eigenvalue weighted by molar-refractivity contribution is -0.121. The summed E-state index contributed by atoms with van der Waals surface area (Å²) in [6.45, 7) is 1.32. The van der Waals surface area contributed by atoms with Crippen molar-refractivity contribution in [2.75, 3.05) is 20.1 Å². The Morgan fingerprint density at radius 2 is 2.08 bits per heavy atom. The molecule has 1 amide bonds. The fourth-order valence-electron chi connectivity index (χ4n) is 2.43. The SMILES string of the molecule is CNCCCNC(=O)Cn1cnc2c(oc3ccccc32)c1=O.Cl. The number of carbonyl (C=O) groups is 1. The first-order valence-electron chi connectivity index (χ1n) is 7.48. The van der Waals surface area contributed by atoms with Gasteiger partial charge in [-0.2, -0.15) is 0 Å². The van der Waals surface area contributed by atoms with Gasteiger partial charge in [-0.15, -0.1) is 12.4 Å². The number of rotatable bonds is 6. The number of hydrogen-bond acceptors (Lipinski definition) is 5. The smallest absolute Gasteiger partial charge is 0.297 e. The van der Waals surface area contributed by atoms with Gasteiger partial charge in [0.25, 0.3) is 5.56 Å². The predicted octanol–water partition coefficient (Wildman–Crippen LogP) is 1.29. The van der Waals surface area contributed by atoms with Crippen LogP contribution < -0.4 is 16.2 Å². The second-order valence-electron chi connectivity index (χ2n) is 5.26. The molecule has 8 heteroatoms. The molecule has 0 aliphatic carbocycles. The van der Waals surface area contributed by atoms with Crippen LogP contribution in [0.5, 0.6) is 0 Å². The summed E-state index contributed by atoms with van der Waals surface area (Å²) in [6, 6.07) is 7.34. The number of benzene rings is 1. The van der Waals surface area contributed by atoms with Crippen molar-refractivity contribution in [2.45, 2.75) is 13.0 Å². The van der Waals surface area contributed by atoms with Crippen molar-refractivity contribution in [1.82, 2.24) is 20.2 Å². The third-order valence-electron chi connectivity index (χ3n) is 3.59. The minimum atomic E-state index is -0.350. The van der Waals surface area contributed by atoms with Gasteiger partial charge in [-0.25, -0.2) is 4.98 Å². The Labute approximate surface area is 144 Å². The monoisotopic (exact) mass is 350 g/mol. The Kier molecular flexibility index (Phi) is 5.94. The van der Waals surface area contributed by atoms with E-state index in [1.165, 1.54) is 10.9 Å². The molecular formula is C16H19ClN4O3. The number of fused-ring (bicyclic) bond motifs is 3. The molecule has 2 N–H and O–H groups in total. The second kappa shape index (κ2) is 7.94. The van der Waals surface area contributed by atoms with Crippen LogP contribution in [0.4, 0.5) is 0 Å². The zero-order valence-corrected chi connectivity index (χ0v) is 14.1. The molecule has 0 radical (unpaired) electrons. The normalized spacial score (nSPS) is 10.7. The molecule has 0 saturated heterocycles. The number of halogens is 1. The number of para-hydroxylation sites is 1. The van der Waals surface area contributed by atoms with Gasteiger partial charge in [-0.05, 0) is 32.1 Å². The average molecular weight is 351 g/mol. The van der Waals surface area contributed by atoms with E-state index in [1.807, 2.05) is 25.2 Å². The van der Waals surface area contributed by atoms with Crippen LogP contribution in [0.25, 0.3) is 22.1 Å². The maximum Gasteiger partial charge on any atom is 0.297 e. The van der Waals surface area contributed by atoms with Crippen LogP contribution in [0.15, 0.2) is 39.8 Å². The van der Waals surface area contributed by atoms with Gasteiger partial charge < -0.3 is 15.1 Å². The molecule has 3 aromatic rings. The van der Waals surface area contributed by atoms with E-state index in [2.05, 4.69) is 15.6 Å². The molecule has 0 spiro atoms. The van der Waals surface area contributed by atoms with Gasteiger partial charge in [-0.3, -0.25) is 14.2 Å². The van der Waals surface area contributed by atoms with E-state index in [4.69, 9.17) is 4.42 Å². The molecule has 24 heavy (non-hydrogen) atoms. The molecule has 7 nitrogen and oxygen atoms in total. The van der Waals surface area contributed by atoms with Crippen LogP contribution in [0, 0.1) is 0 Å². The van der Waals surface area contributed by atoms with E-state index < -0.39 is 0 Å². The molecule has 1 aromatic carbocycles. The Balaban J connectivity index is 0.00000208. The van der Waals surface area contributed by atoms with Crippen molar-refractivity contribution in [3.05, 3.63) is 40.9 Å². The minimum Gasteiger partial charge on any atom is -0.448 e. The fourth-order valence-corrected chi connectivity index (χ4v) is 2.43. The summed E-state index contributed by atoms with van der Waals surface area (Å²) in [4.78, 5) is 28.6. The number of carbonyl (C=O) groups excluding carboxylic acids is 1. The van der Waals surface area contributed by atoms with Gasteiger partial charge in [0.05, 0.1) is 6.33 Å². The molecule has 0 aliphatic rings. The Bertz CT molecular complexity index is 903. The number of nitrogens with zero attached hydrogens (tertiary/aromatic N) is 2. The van der Waals surface area contributed by atoms with E-state index in [1.54, 1.807) is 6.07 Å². The zero-order chi connectivity index (χ0) is 16.2. The maximum absolute atomic E-state index is 12.4. The minimum absolute atomic E-state index is 0. The second-order valence-corrected chi connectivity index (χ2v) is 5.26. The number of hydrogen-bond donors (Lipinski definition) is 2. The van der Waals surface area contributed by atoms with E-state index >= 15 is 0 Å². The standard InChI is InChI=1S/C16H18N4O3.ClH/c1-17-7-4-8-18-13(21)9-20-10-19-14-11-5-2-3-6-12(11)23-15(14)16(20)22;/h2-3,5-6,10,17H,4,7-9H2,1H3,(H,18,21);1H. The summed E-state index contributed by atoms with van der Waals surface area (Å²) in [5.74, 6) is -0.222. The quantitative estimate of drug-likeness (QED) is 0.654. The van der Waals surface area contributed by atoms with Crippen molar-refractivity contribution >= 4 is 40.4 Å². The van der Waals surface area contributed by atoms with Crippen molar-refractivity contribution < 1.29 is 9.21 Å². The predicted molar refractivity (Wildman–Crippen MR) is 94.6 cm³/mol. The third-order valence-corrected chi connectivity index (χ3v) is 3.59. The molecule has 0 atom stereocenters. The lowest BCUT2D eigenvalue weighted by atomic mass is 10.2. The molecular weight excluding hydrogens is 332 g/mol. The summed E-state index contributed by atoms with van der Waals surface area (Å²) in [6.07, 6.45) is 2.22. The van der Waals surface area contributed by atoms with E-state index in [-0.39, 0.29) is 36.0 Å². The topological polar surface area (TPSA) is 89.2 Å². The highest BCUT2D eigenvalue weighted by molar-refractivity contribution is 6.01. The first-order valence-corrected chi connectivity index (χ1v) is 7.48. The number of aromatic nitrogens is 2.